The Morgan fingerprint density at radius 2 is 1.23 bits per heavy atom. The topological polar surface area (TPSA) is 27.8 Å². The molecule has 1 heterocycles. The van der Waals surface area contributed by atoms with E-state index in [0.717, 1.165) is 12.2 Å². The van der Waals surface area contributed by atoms with E-state index in [1.165, 1.54) is 119 Å². The molecule has 2 nitrogen and oxygen atoms in total. The Bertz CT molecular complexity index is 685. The predicted molar refractivity (Wildman–Crippen MR) is 135 cm³/mol. The molecule has 2 N–H and O–H groups in total. The number of nitrogens with one attached hydrogen (secondary N) is 2. The van der Waals surface area contributed by atoms with E-state index in [9.17, 15) is 0 Å². The Morgan fingerprint density at radius 1 is 0.733 bits per heavy atom. The number of para-hydroxylation sites is 1. The highest BCUT2D eigenvalue weighted by Crippen LogP contribution is 2.22. The average molecular weight is 411 g/mol. The zero-order chi connectivity index (χ0) is 21.3. The Labute approximate surface area is 185 Å². The van der Waals surface area contributed by atoms with Crippen molar-refractivity contribution in [2.75, 3.05) is 6.54 Å². The molecule has 168 valence electrons. The van der Waals surface area contributed by atoms with Crippen LogP contribution >= 0.6 is 0 Å². The van der Waals surface area contributed by atoms with Crippen LogP contribution in [0.3, 0.4) is 0 Å². The molecule has 0 fully saturated rings. The Balaban J connectivity index is 1.35. The maximum atomic E-state index is 4.23. The Hall–Kier alpha value is -1.70. The van der Waals surface area contributed by atoms with Gasteiger partial charge in [-0.05, 0) is 12.5 Å². The first-order chi connectivity index (χ1) is 14.8. The molecule has 2 heteroatoms. The molecule has 0 unspecified atom stereocenters. The van der Waals surface area contributed by atoms with E-state index in [2.05, 4.69) is 54.3 Å². The van der Waals surface area contributed by atoms with Crippen LogP contribution < -0.4 is 5.32 Å². The number of unbranched alkanes of at least 4 members (excludes halogenated alkanes) is 15. The van der Waals surface area contributed by atoms with E-state index in [0.29, 0.717) is 0 Å². The van der Waals surface area contributed by atoms with Gasteiger partial charge in [0.25, 0.3) is 0 Å². The first kappa shape index (κ1) is 24.6. The van der Waals surface area contributed by atoms with E-state index in [1.807, 2.05) is 0 Å². The lowest BCUT2D eigenvalue weighted by atomic mass is 10.0. The van der Waals surface area contributed by atoms with Crippen molar-refractivity contribution in [1.82, 2.24) is 10.3 Å². The Kier molecular flexibility index (Phi) is 13.1. The SMILES string of the molecule is C=C(NCCCCCCCCCCCCCCCCCC)c1c[nH]c2ccccc12. The molecule has 0 atom stereocenters. The molecule has 0 amide bonds. The first-order valence-electron chi connectivity index (χ1n) is 12.8. The van der Waals surface area contributed by atoms with E-state index in [-0.39, 0.29) is 0 Å². The summed E-state index contributed by atoms with van der Waals surface area (Å²) in [6, 6.07) is 8.42. The van der Waals surface area contributed by atoms with Gasteiger partial charge in [-0.3, -0.25) is 0 Å². The quantitative estimate of drug-likeness (QED) is 0.222. The van der Waals surface area contributed by atoms with Crippen molar-refractivity contribution >= 4 is 16.6 Å². The van der Waals surface area contributed by atoms with Crippen LogP contribution in [0.15, 0.2) is 37.0 Å². The van der Waals surface area contributed by atoms with Gasteiger partial charge in [0.05, 0.1) is 0 Å². The molecule has 1 aromatic carbocycles. The molecule has 0 saturated heterocycles. The van der Waals surface area contributed by atoms with Gasteiger partial charge in [-0.2, -0.15) is 0 Å². The monoisotopic (exact) mass is 410 g/mol. The van der Waals surface area contributed by atoms with E-state index >= 15 is 0 Å². The van der Waals surface area contributed by atoms with E-state index in [4.69, 9.17) is 0 Å². The normalized spacial score (nSPS) is 11.2. The number of H-pyrrole nitrogens is 1. The van der Waals surface area contributed by atoms with Crippen molar-refractivity contribution in [2.24, 2.45) is 0 Å². The van der Waals surface area contributed by atoms with Gasteiger partial charge < -0.3 is 10.3 Å². The minimum atomic E-state index is 1.02. The molecule has 2 aromatic rings. The highest BCUT2D eigenvalue weighted by Gasteiger charge is 2.05. The number of rotatable bonds is 19. The van der Waals surface area contributed by atoms with Gasteiger partial charge in [-0.15, -0.1) is 0 Å². The van der Waals surface area contributed by atoms with Crippen molar-refractivity contribution in [1.29, 1.82) is 0 Å². The van der Waals surface area contributed by atoms with Crippen LogP contribution in [0.4, 0.5) is 0 Å². The third-order valence-corrected chi connectivity index (χ3v) is 6.28. The van der Waals surface area contributed by atoms with Crippen molar-refractivity contribution in [3.8, 4) is 0 Å². The van der Waals surface area contributed by atoms with E-state index in [1.54, 1.807) is 0 Å². The van der Waals surface area contributed by atoms with Crippen LogP contribution in [-0.2, 0) is 0 Å². The summed E-state index contributed by atoms with van der Waals surface area (Å²) in [7, 11) is 0. The number of fused-ring (bicyclic) bond motifs is 1. The predicted octanol–water partition coefficient (Wildman–Crippen LogP) is 8.99. The molecule has 0 saturated carbocycles. The molecule has 0 bridgehead atoms. The summed E-state index contributed by atoms with van der Waals surface area (Å²) in [5.41, 5.74) is 3.41. The number of hydrogen-bond acceptors (Lipinski definition) is 1. The lowest BCUT2D eigenvalue weighted by Crippen LogP contribution is -2.12. The highest BCUT2D eigenvalue weighted by molar-refractivity contribution is 5.91. The van der Waals surface area contributed by atoms with Crippen molar-refractivity contribution in [2.45, 2.75) is 110 Å². The van der Waals surface area contributed by atoms with Gasteiger partial charge in [-0.1, -0.05) is 128 Å². The summed E-state index contributed by atoms with van der Waals surface area (Å²) >= 11 is 0. The first-order valence-corrected chi connectivity index (χ1v) is 12.8. The lowest BCUT2D eigenvalue weighted by Gasteiger charge is -2.09. The summed E-state index contributed by atoms with van der Waals surface area (Å²) in [5.74, 6) is 0. The molecule has 2 rings (SSSR count). The van der Waals surface area contributed by atoms with Gasteiger partial charge in [0.15, 0.2) is 0 Å². The van der Waals surface area contributed by atoms with Crippen molar-refractivity contribution < 1.29 is 0 Å². The highest BCUT2D eigenvalue weighted by atomic mass is 14.9. The number of aromatic nitrogens is 1. The van der Waals surface area contributed by atoms with E-state index < -0.39 is 0 Å². The van der Waals surface area contributed by atoms with Crippen LogP contribution in [0.25, 0.3) is 16.6 Å². The molecule has 0 aliphatic heterocycles. The molecule has 1 aromatic heterocycles. The fraction of sp³-hybridized carbons (Fsp3) is 0.643. The van der Waals surface area contributed by atoms with Crippen LogP contribution in [0.2, 0.25) is 0 Å². The van der Waals surface area contributed by atoms with Crippen LogP contribution in [0.1, 0.15) is 115 Å². The second-order valence-electron chi connectivity index (χ2n) is 8.96. The molecular weight excluding hydrogens is 364 g/mol. The molecule has 0 spiro atoms. The second kappa shape index (κ2) is 16.1. The minimum Gasteiger partial charge on any atom is -0.385 e. The van der Waals surface area contributed by atoms with Gasteiger partial charge in [0, 0.05) is 34.9 Å². The molecule has 0 radical (unpaired) electrons. The largest absolute Gasteiger partial charge is 0.385 e. The second-order valence-corrected chi connectivity index (χ2v) is 8.96. The fourth-order valence-electron chi connectivity index (χ4n) is 4.33. The number of benzene rings is 1. The third-order valence-electron chi connectivity index (χ3n) is 6.28. The van der Waals surface area contributed by atoms with Gasteiger partial charge in [0.1, 0.15) is 0 Å². The molecule has 30 heavy (non-hydrogen) atoms. The van der Waals surface area contributed by atoms with Gasteiger partial charge in [0.2, 0.25) is 0 Å². The van der Waals surface area contributed by atoms with Crippen LogP contribution in [-0.4, -0.2) is 11.5 Å². The van der Waals surface area contributed by atoms with Gasteiger partial charge in [-0.25, -0.2) is 0 Å². The fourth-order valence-corrected chi connectivity index (χ4v) is 4.33. The summed E-state index contributed by atoms with van der Waals surface area (Å²) in [6.45, 7) is 7.55. The summed E-state index contributed by atoms with van der Waals surface area (Å²) in [6.07, 6.45) is 24.7. The minimum absolute atomic E-state index is 1.02. The van der Waals surface area contributed by atoms with Crippen LogP contribution in [0, 0.1) is 0 Å². The number of aromatic amines is 1. The lowest BCUT2D eigenvalue weighted by molar-refractivity contribution is 0.529. The van der Waals surface area contributed by atoms with Crippen LogP contribution in [0.5, 0.6) is 0 Å². The zero-order valence-corrected chi connectivity index (χ0v) is 19.6. The summed E-state index contributed by atoms with van der Waals surface area (Å²) in [4.78, 5) is 3.33. The average Bonchev–Trinajstić information content (AvgIpc) is 3.20. The van der Waals surface area contributed by atoms with Crippen molar-refractivity contribution in [3.05, 3.63) is 42.6 Å². The van der Waals surface area contributed by atoms with Crippen molar-refractivity contribution in [3.63, 3.8) is 0 Å². The zero-order valence-electron chi connectivity index (χ0n) is 19.6. The maximum Gasteiger partial charge on any atom is 0.0460 e. The molecule has 0 aliphatic carbocycles. The standard InChI is InChI=1S/C28H46N2/c1-3-4-5-6-7-8-9-10-11-12-13-14-15-16-17-20-23-29-25(2)27-24-30-28-22-19-18-21-26(27)28/h18-19,21-22,24,29-30H,2-17,20,23H2,1H3. The molecular formula is C28H46N2. The smallest absolute Gasteiger partial charge is 0.0460 e. The Morgan fingerprint density at radius 3 is 1.80 bits per heavy atom. The summed E-state index contributed by atoms with van der Waals surface area (Å²) < 4.78 is 0. The molecule has 0 aliphatic rings. The maximum absolute atomic E-state index is 4.23. The number of hydrogen-bond donors (Lipinski definition) is 2. The third kappa shape index (κ3) is 9.87. The van der Waals surface area contributed by atoms with Gasteiger partial charge >= 0.3 is 0 Å². The summed E-state index contributed by atoms with van der Waals surface area (Å²) in [5, 5.41) is 4.76.